The van der Waals surface area contributed by atoms with Gasteiger partial charge in [-0.2, -0.15) is 0 Å². The SMILES string of the molecule is CCCCCCCCCCCCCCCC[N+](C)(C)CO. The van der Waals surface area contributed by atoms with Crippen LogP contribution in [0.1, 0.15) is 96.8 Å². The zero-order valence-corrected chi connectivity index (χ0v) is 15.2. The van der Waals surface area contributed by atoms with Crippen LogP contribution in [0, 0.1) is 0 Å². The van der Waals surface area contributed by atoms with Crippen molar-refractivity contribution in [3.8, 4) is 0 Å². The average Bonchev–Trinajstić information content (AvgIpc) is 2.47. The normalized spacial score (nSPS) is 12.0. The summed E-state index contributed by atoms with van der Waals surface area (Å²) in [5.74, 6) is 0. The van der Waals surface area contributed by atoms with Crippen LogP contribution in [0.5, 0.6) is 0 Å². The molecule has 0 radical (unpaired) electrons. The summed E-state index contributed by atoms with van der Waals surface area (Å²) in [7, 11) is 4.20. The third-order valence-electron chi connectivity index (χ3n) is 4.50. The van der Waals surface area contributed by atoms with E-state index in [0.29, 0.717) is 0 Å². The predicted molar refractivity (Wildman–Crippen MR) is 94.4 cm³/mol. The summed E-state index contributed by atoms with van der Waals surface area (Å²) in [6, 6.07) is 0. The van der Waals surface area contributed by atoms with Crippen LogP contribution < -0.4 is 0 Å². The summed E-state index contributed by atoms with van der Waals surface area (Å²) < 4.78 is 0.748. The van der Waals surface area contributed by atoms with Gasteiger partial charge < -0.3 is 9.59 Å². The highest BCUT2D eigenvalue weighted by Crippen LogP contribution is 2.13. The molecule has 0 aromatic carbocycles. The molecule has 0 aromatic rings. The summed E-state index contributed by atoms with van der Waals surface area (Å²) >= 11 is 0. The Morgan fingerprint density at radius 2 is 0.905 bits per heavy atom. The van der Waals surface area contributed by atoms with Crippen LogP contribution in [0.3, 0.4) is 0 Å². The Kier molecular flexibility index (Phi) is 14.8. The molecule has 0 saturated carbocycles. The molecule has 0 aliphatic rings. The molecule has 0 aliphatic heterocycles. The number of quaternary nitrogens is 1. The van der Waals surface area contributed by atoms with Gasteiger partial charge in [0.05, 0.1) is 20.6 Å². The third-order valence-corrected chi connectivity index (χ3v) is 4.50. The molecule has 0 unspecified atom stereocenters. The van der Waals surface area contributed by atoms with Crippen molar-refractivity contribution in [1.29, 1.82) is 0 Å². The Hall–Kier alpha value is -0.0800. The van der Waals surface area contributed by atoms with Crippen molar-refractivity contribution >= 4 is 0 Å². The first kappa shape index (κ1) is 20.9. The van der Waals surface area contributed by atoms with Crippen molar-refractivity contribution in [2.75, 3.05) is 27.4 Å². The first-order chi connectivity index (χ1) is 10.1. The van der Waals surface area contributed by atoms with Crippen molar-refractivity contribution in [2.45, 2.75) is 96.8 Å². The quantitative estimate of drug-likeness (QED) is 0.227. The van der Waals surface area contributed by atoms with Crippen LogP contribution in [0.2, 0.25) is 0 Å². The van der Waals surface area contributed by atoms with E-state index in [4.69, 9.17) is 0 Å². The minimum absolute atomic E-state index is 0.262. The molecule has 0 spiro atoms. The lowest BCUT2D eigenvalue weighted by Gasteiger charge is -2.26. The second kappa shape index (κ2) is 14.8. The van der Waals surface area contributed by atoms with Crippen LogP contribution >= 0.6 is 0 Å². The lowest BCUT2D eigenvalue weighted by atomic mass is 10.0. The highest BCUT2D eigenvalue weighted by Gasteiger charge is 2.11. The largest absolute Gasteiger partial charge is 0.347 e. The van der Waals surface area contributed by atoms with Gasteiger partial charge in [0.2, 0.25) is 0 Å². The standard InChI is InChI=1S/C19H42NO/c1-4-5-6-7-8-9-10-11-12-13-14-15-16-17-18-20(2,3)19-21/h21H,4-19H2,1-3H3/q+1. The van der Waals surface area contributed by atoms with E-state index in [-0.39, 0.29) is 6.73 Å². The molecule has 0 fully saturated rings. The van der Waals surface area contributed by atoms with E-state index in [1.54, 1.807) is 0 Å². The molecule has 0 saturated heterocycles. The maximum absolute atomic E-state index is 9.17. The van der Waals surface area contributed by atoms with E-state index >= 15 is 0 Å². The maximum Gasteiger partial charge on any atom is 0.179 e. The van der Waals surface area contributed by atoms with E-state index < -0.39 is 0 Å². The van der Waals surface area contributed by atoms with Crippen LogP contribution in [0.15, 0.2) is 0 Å². The van der Waals surface area contributed by atoms with Gasteiger partial charge in [0.1, 0.15) is 0 Å². The van der Waals surface area contributed by atoms with Crippen LogP contribution in [0.4, 0.5) is 0 Å². The molecule has 2 nitrogen and oxygen atoms in total. The van der Waals surface area contributed by atoms with Crippen molar-refractivity contribution < 1.29 is 9.59 Å². The minimum atomic E-state index is 0.262. The highest BCUT2D eigenvalue weighted by atomic mass is 16.3. The molecule has 0 heterocycles. The average molecular weight is 301 g/mol. The number of hydrogen-bond acceptors (Lipinski definition) is 1. The molecule has 0 atom stereocenters. The van der Waals surface area contributed by atoms with Gasteiger partial charge in [-0.15, -0.1) is 0 Å². The van der Waals surface area contributed by atoms with E-state index in [9.17, 15) is 5.11 Å². The van der Waals surface area contributed by atoms with E-state index in [1.807, 2.05) is 0 Å². The van der Waals surface area contributed by atoms with Crippen molar-refractivity contribution in [3.63, 3.8) is 0 Å². The highest BCUT2D eigenvalue weighted by molar-refractivity contribution is 4.49. The second-order valence-corrected chi connectivity index (χ2v) is 7.40. The van der Waals surface area contributed by atoms with Crippen LogP contribution in [0.25, 0.3) is 0 Å². The Morgan fingerprint density at radius 1 is 0.571 bits per heavy atom. The lowest BCUT2D eigenvalue weighted by molar-refractivity contribution is -0.909. The number of unbranched alkanes of at least 4 members (excludes halogenated alkanes) is 13. The fraction of sp³-hybridized carbons (Fsp3) is 1.00. The van der Waals surface area contributed by atoms with E-state index in [2.05, 4.69) is 21.0 Å². The summed E-state index contributed by atoms with van der Waals surface area (Å²) in [5, 5.41) is 9.17. The van der Waals surface area contributed by atoms with Crippen molar-refractivity contribution in [3.05, 3.63) is 0 Å². The van der Waals surface area contributed by atoms with Gasteiger partial charge in [-0.1, -0.05) is 84.0 Å². The Morgan fingerprint density at radius 3 is 1.24 bits per heavy atom. The molecule has 0 aliphatic carbocycles. The van der Waals surface area contributed by atoms with Gasteiger partial charge in [-0.25, -0.2) is 0 Å². The first-order valence-corrected chi connectivity index (χ1v) is 9.55. The summed E-state index contributed by atoms with van der Waals surface area (Å²) in [6.07, 6.45) is 19.7. The van der Waals surface area contributed by atoms with Crippen molar-refractivity contribution in [2.24, 2.45) is 0 Å². The molecule has 0 bridgehead atoms. The van der Waals surface area contributed by atoms with Gasteiger partial charge in [0.25, 0.3) is 0 Å². The number of hydrogen-bond donors (Lipinski definition) is 1. The molecule has 21 heavy (non-hydrogen) atoms. The third kappa shape index (κ3) is 16.1. The van der Waals surface area contributed by atoms with Gasteiger partial charge in [-0.3, -0.25) is 0 Å². The smallest absolute Gasteiger partial charge is 0.179 e. The Labute approximate surface area is 134 Å². The van der Waals surface area contributed by atoms with Crippen molar-refractivity contribution in [1.82, 2.24) is 0 Å². The molecular formula is C19H42NO+. The zero-order chi connectivity index (χ0) is 15.8. The zero-order valence-electron chi connectivity index (χ0n) is 15.2. The number of aliphatic hydroxyl groups is 1. The van der Waals surface area contributed by atoms with E-state index in [0.717, 1.165) is 11.0 Å². The monoisotopic (exact) mass is 300 g/mol. The number of nitrogens with zero attached hydrogens (tertiary/aromatic N) is 1. The predicted octanol–water partition coefficient (Wildman–Crippen LogP) is 5.49. The van der Waals surface area contributed by atoms with Gasteiger partial charge in [0, 0.05) is 0 Å². The summed E-state index contributed by atoms with van der Waals surface area (Å²) in [5.41, 5.74) is 0. The van der Waals surface area contributed by atoms with Gasteiger partial charge in [0.15, 0.2) is 6.73 Å². The maximum atomic E-state index is 9.17. The fourth-order valence-electron chi connectivity index (χ4n) is 2.81. The molecule has 0 amide bonds. The Bertz CT molecular complexity index is 204. The number of rotatable bonds is 16. The fourth-order valence-corrected chi connectivity index (χ4v) is 2.81. The molecule has 0 aromatic heterocycles. The van der Waals surface area contributed by atoms with Crippen LogP contribution in [-0.4, -0.2) is 37.0 Å². The molecule has 128 valence electrons. The molecule has 0 rings (SSSR count). The molecule has 1 N–H and O–H groups in total. The van der Waals surface area contributed by atoms with Gasteiger partial charge in [-0.05, 0) is 12.8 Å². The summed E-state index contributed by atoms with van der Waals surface area (Å²) in [4.78, 5) is 0. The first-order valence-electron chi connectivity index (χ1n) is 9.55. The topological polar surface area (TPSA) is 20.2 Å². The second-order valence-electron chi connectivity index (χ2n) is 7.40. The molecule has 2 heteroatoms. The molecular weight excluding hydrogens is 258 g/mol. The Balaban J connectivity index is 3.06. The van der Waals surface area contributed by atoms with Gasteiger partial charge >= 0.3 is 0 Å². The minimum Gasteiger partial charge on any atom is -0.347 e. The van der Waals surface area contributed by atoms with E-state index in [1.165, 1.54) is 89.9 Å². The summed E-state index contributed by atoms with van der Waals surface area (Å²) in [6.45, 7) is 3.65. The lowest BCUT2D eigenvalue weighted by Crippen LogP contribution is -2.41. The van der Waals surface area contributed by atoms with Crippen LogP contribution in [-0.2, 0) is 0 Å². The number of aliphatic hydroxyl groups excluding tert-OH is 1.